The van der Waals surface area contributed by atoms with E-state index in [1.165, 1.54) is 10.5 Å². The Hall–Kier alpha value is -1.78. The van der Waals surface area contributed by atoms with Gasteiger partial charge in [-0.2, -0.15) is 0 Å². The van der Waals surface area contributed by atoms with Gasteiger partial charge < -0.3 is 10.3 Å². The number of nitrogens with two attached hydrogens (primary N) is 1. The van der Waals surface area contributed by atoms with Gasteiger partial charge in [-0.05, 0) is 24.0 Å². The SMILES string of the molecule is CSc1ccccc1-c1nc2c(CN)cccc2n1C. The standard InChI is InChI=1S/C16H17N3S/c1-19-13-8-5-6-11(10-17)15(13)18-16(19)12-7-3-4-9-14(12)20-2/h3-9H,10,17H2,1-2H3. The van der Waals surface area contributed by atoms with E-state index in [-0.39, 0.29) is 0 Å². The summed E-state index contributed by atoms with van der Waals surface area (Å²) in [5, 5.41) is 0. The van der Waals surface area contributed by atoms with Crippen molar-refractivity contribution in [3.8, 4) is 11.4 Å². The number of para-hydroxylation sites is 1. The van der Waals surface area contributed by atoms with Crippen molar-refractivity contribution in [3.63, 3.8) is 0 Å². The van der Waals surface area contributed by atoms with Crippen LogP contribution >= 0.6 is 11.8 Å². The molecule has 0 fully saturated rings. The van der Waals surface area contributed by atoms with E-state index >= 15 is 0 Å². The molecule has 1 aromatic heterocycles. The molecule has 4 heteroatoms. The van der Waals surface area contributed by atoms with Gasteiger partial charge in [0.05, 0.1) is 11.0 Å². The van der Waals surface area contributed by atoms with Gasteiger partial charge in [0.1, 0.15) is 5.82 Å². The molecule has 0 aliphatic rings. The van der Waals surface area contributed by atoms with Crippen molar-refractivity contribution in [2.75, 3.05) is 6.26 Å². The van der Waals surface area contributed by atoms with Crippen molar-refractivity contribution < 1.29 is 0 Å². The van der Waals surface area contributed by atoms with Gasteiger partial charge >= 0.3 is 0 Å². The Morgan fingerprint density at radius 1 is 1.15 bits per heavy atom. The minimum absolute atomic E-state index is 0.512. The Kier molecular flexibility index (Phi) is 3.51. The molecular weight excluding hydrogens is 266 g/mol. The molecule has 0 radical (unpaired) electrons. The number of aryl methyl sites for hydroxylation is 1. The van der Waals surface area contributed by atoms with Gasteiger partial charge in [-0.25, -0.2) is 4.98 Å². The van der Waals surface area contributed by atoms with Crippen LogP contribution in [0.3, 0.4) is 0 Å². The van der Waals surface area contributed by atoms with Gasteiger partial charge in [-0.1, -0.05) is 30.3 Å². The molecule has 0 amide bonds. The third-order valence-electron chi connectivity index (χ3n) is 3.56. The first-order valence-electron chi connectivity index (χ1n) is 6.54. The largest absolute Gasteiger partial charge is 0.327 e. The van der Waals surface area contributed by atoms with Gasteiger partial charge in [0.2, 0.25) is 0 Å². The van der Waals surface area contributed by atoms with E-state index in [9.17, 15) is 0 Å². The van der Waals surface area contributed by atoms with Crippen molar-refractivity contribution in [1.29, 1.82) is 0 Å². The molecule has 0 unspecified atom stereocenters. The zero-order valence-electron chi connectivity index (χ0n) is 11.6. The highest BCUT2D eigenvalue weighted by Crippen LogP contribution is 2.31. The minimum Gasteiger partial charge on any atom is -0.327 e. The first kappa shape index (κ1) is 13.2. The van der Waals surface area contributed by atoms with Crippen molar-refractivity contribution >= 4 is 22.8 Å². The number of imidazole rings is 1. The second-order valence-electron chi connectivity index (χ2n) is 4.68. The first-order valence-corrected chi connectivity index (χ1v) is 7.76. The zero-order valence-corrected chi connectivity index (χ0v) is 12.4. The lowest BCUT2D eigenvalue weighted by atomic mass is 10.2. The molecule has 3 rings (SSSR count). The highest BCUT2D eigenvalue weighted by molar-refractivity contribution is 7.98. The molecule has 0 saturated heterocycles. The fourth-order valence-electron chi connectivity index (χ4n) is 2.51. The number of nitrogens with zero attached hydrogens (tertiary/aromatic N) is 2. The third kappa shape index (κ3) is 2.01. The van der Waals surface area contributed by atoms with Crippen LogP contribution in [0.1, 0.15) is 5.56 Å². The maximum Gasteiger partial charge on any atom is 0.142 e. The van der Waals surface area contributed by atoms with Crippen molar-refractivity contribution in [1.82, 2.24) is 9.55 Å². The van der Waals surface area contributed by atoms with Gasteiger partial charge in [0.25, 0.3) is 0 Å². The monoisotopic (exact) mass is 283 g/mol. The van der Waals surface area contributed by atoms with Gasteiger partial charge in [-0.3, -0.25) is 0 Å². The summed E-state index contributed by atoms with van der Waals surface area (Å²) in [6.07, 6.45) is 2.09. The van der Waals surface area contributed by atoms with E-state index in [0.717, 1.165) is 22.4 Å². The second kappa shape index (κ2) is 5.31. The van der Waals surface area contributed by atoms with Crippen molar-refractivity contribution in [3.05, 3.63) is 48.0 Å². The van der Waals surface area contributed by atoms with Crippen LogP contribution in [0.5, 0.6) is 0 Å². The van der Waals surface area contributed by atoms with Crippen LogP contribution in [0.15, 0.2) is 47.4 Å². The Bertz CT molecular complexity index is 762. The smallest absolute Gasteiger partial charge is 0.142 e. The van der Waals surface area contributed by atoms with Crippen LogP contribution < -0.4 is 5.73 Å². The molecule has 102 valence electrons. The molecule has 0 spiro atoms. The van der Waals surface area contributed by atoms with Crippen LogP contribution in [0.4, 0.5) is 0 Å². The van der Waals surface area contributed by atoms with E-state index in [1.54, 1.807) is 11.8 Å². The number of benzene rings is 2. The van der Waals surface area contributed by atoms with Crippen molar-refractivity contribution in [2.45, 2.75) is 11.4 Å². The number of rotatable bonds is 3. The average Bonchev–Trinajstić information content (AvgIpc) is 2.84. The zero-order chi connectivity index (χ0) is 14.1. The molecule has 3 aromatic rings. The summed E-state index contributed by atoms with van der Waals surface area (Å²) in [6, 6.07) is 14.5. The number of thioether (sulfide) groups is 1. The lowest BCUT2D eigenvalue weighted by molar-refractivity contribution is 0.955. The maximum absolute atomic E-state index is 5.82. The van der Waals surface area contributed by atoms with E-state index in [4.69, 9.17) is 10.7 Å². The molecule has 0 aliphatic heterocycles. The molecule has 0 saturated carbocycles. The highest BCUT2D eigenvalue weighted by atomic mass is 32.2. The van der Waals surface area contributed by atoms with Crippen LogP contribution in [-0.2, 0) is 13.6 Å². The highest BCUT2D eigenvalue weighted by Gasteiger charge is 2.14. The van der Waals surface area contributed by atoms with Crippen LogP contribution in [0, 0.1) is 0 Å². The molecule has 2 N–H and O–H groups in total. The minimum atomic E-state index is 0.512. The quantitative estimate of drug-likeness (QED) is 0.749. The normalized spacial score (nSPS) is 11.2. The lowest BCUT2D eigenvalue weighted by Gasteiger charge is -2.06. The predicted octanol–water partition coefficient (Wildman–Crippen LogP) is 3.42. The molecule has 1 heterocycles. The van der Waals surface area contributed by atoms with Crippen LogP contribution in [0.2, 0.25) is 0 Å². The van der Waals surface area contributed by atoms with E-state index < -0.39 is 0 Å². The molecule has 2 aromatic carbocycles. The van der Waals surface area contributed by atoms with Crippen molar-refractivity contribution in [2.24, 2.45) is 12.8 Å². The summed E-state index contributed by atoms with van der Waals surface area (Å²) in [6.45, 7) is 0.512. The summed E-state index contributed by atoms with van der Waals surface area (Å²) in [5.41, 5.74) is 10.2. The average molecular weight is 283 g/mol. The molecule has 0 atom stereocenters. The number of fused-ring (bicyclic) bond motifs is 1. The Morgan fingerprint density at radius 2 is 1.95 bits per heavy atom. The Balaban J connectivity index is 2.29. The predicted molar refractivity (Wildman–Crippen MR) is 85.8 cm³/mol. The van der Waals surface area contributed by atoms with E-state index in [0.29, 0.717) is 6.54 Å². The van der Waals surface area contributed by atoms with Gasteiger partial charge in [0.15, 0.2) is 0 Å². The second-order valence-corrected chi connectivity index (χ2v) is 5.53. The molecule has 0 bridgehead atoms. The third-order valence-corrected chi connectivity index (χ3v) is 4.36. The summed E-state index contributed by atoms with van der Waals surface area (Å²) in [7, 11) is 2.06. The van der Waals surface area contributed by atoms with Gasteiger partial charge in [0, 0.05) is 24.1 Å². The molecular formula is C16H17N3S. The number of hydrogen-bond donors (Lipinski definition) is 1. The summed E-state index contributed by atoms with van der Waals surface area (Å²) < 4.78 is 2.14. The van der Waals surface area contributed by atoms with Crippen LogP contribution in [-0.4, -0.2) is 15.8 Å². The van der Waals surface area contributed by atoms with E-state index in [1.807, 2.05) is 12.1 Å². The fourth-order valence-corrected chi connectivity index (χ4v) is 3.10. The first-order chi connectivity index (χ1) is 9.76. The lowest BCUT2D eigenvalue weighted by Crippen LogP contribution is -1.97. The summed E-state index contributed by atoms with van der Waals surface area (Å²) in [5.74, 6) is 0.992. The summed E-state index contributed by atoms with van der Waals surface area (Å²) in [4.78, 5) is 6.07. The topological polar surface area (TPSA) is 43.8 Å². The fraction of sp³-hybridized carbons (Fsp3) is 0.188. The Morgan fingerprint density at radius 3 is 2.70 bits per heavy atom. The maximum atomic E-state index is 5.82. The number of aromatic nitrogens is 2. The molecule has 3 nitrogen and oxygen atoms in total. The number of hydrogen-bond acceptors (Lipinski definition) is 3. The van der Waals surface area contributed by atoms with Gasteiger partial charge in [-0.15, -0.1) is 11.8 Å². The Labute approximate surface area is 122 Å². The molecule has 0 aliphatic carbocycles. The summed E-state index contributed by atoms with van der Waals surface area (Å²) >= 11 is 1.74. The van der Waals surface area contributed by atoms with Crippen LogP contribution in [0.25, 0.3) is 22.4 Å². The van der Waals surface area contributed by atoms with E-state index in [2.05, 4.69) is 48.2 Å². The molecule has 20 heavy (non-hydrogen) atoms.